The summed E-state index contributed by atoms with van der Waals surface area (Å²) in [5.74, 6) is -0.188. The number of allylic oxidation sites excluding steroid dienone is 1. The Hall–Kier alpha value is -0.760. The number of unbranched alkanes of at least 4 members (excludes halogenated alkanes) is 54. The number of rotatable bonds is 67. The number of phosphoric ester groups is 1. The number of hydrogen-bond donors (Lipinski definition) is 2. The number of aliphatic hydroxyl groups is 1. The Morgan fingerprint density at radius 2 is 0.684 bits per heavy atom. The van der Waals surface area contributed by atoms with Crippen molar-refractivity contribution in [2.75, 3.05) is 40.9 Å². The van der Waals surface area contributed by atoms with Gasteiger partial charge in [0.05, 0.1) is 39.9 Å². The highest BCUT2D eigenvalue weighted by Crippen LogP contribution is 2.38. The lowest BCUT2D eigenvalue weighted by Gasteiger charge is -2.29. The molecule has 0 saturated heterocycles. The van der Waals surface area contributed by atoms with Crippen molar-refractivity contribution in [3.63, 3.8) is 0 Å². The van der Waals surface area contributed by atoms with Gasteiger partial charge in [-0.15, -0.1) is 0 Å². The second-order valence-electron chi connectivity index (χ2n) is 26.0. The van der Waals surface area contributed by atoms with Gasteiger partial charge >= 0.3 is 0 Å². The van der Waals surface area contributed by atoms with Crippen LogP contribution in [0.5, 0.6) is 0 Å². The molecule has 8 nitrogen and oxygen atoms in total. The van der Waals surface area contributed by atoms with Gasteiger partial charge < -0.3 is 28.8 Å². The molecule has 3 unspecified atom stereocenters. The number of aliphatic hydroxyl groups excluding tert-OH is 1. The number of nitrogens with zero attached hydrogens (tertiary/aromatic N) is 1. The highest BCUT2D eigenvalue weighted by molar-refractivity contribution is 7.45. The van der Waals surface area contributed by atoms with Gasteiger partial charge in [-0.2, -0.15) is 0 Å². The number of hydrogen-bond acceptors (Lipinski definition) is 6. The molecule has 472 valence electrons. The van der Waals surface area contributed by atoms with E-state index < -0.39 is 20.0 Å². The second-order valence-corrected chi connectivity index (χ2v) is 27.4. The Labute approximate surface area is 494 Å². The molecule has 0 radical (unpaired) electrons. The zero-order valence-electron chi connectivity index (χ0n) is 54.1. The van der Waals surface area contributed by atoms with Crippen LogP contribution in [0.3, 0.4) is 0 Å². The molecule has 79 heavy (non-hydrogen) atoms. The number of quaternary nitrogens is 1. The molecule has 2 N–H and O–H groups in total. The van der Waals surface area contributed by atoms with Gasteiger partial charge in [0.25, 0.3) is 7.82 Å². The van der Waals surface area contributed by atoms with Crippen molar-refractivity contribution in [3.05, 3.63) is 12.2 Å². The van der Waals surface area contributed by atoms with Crippen molar-refractivity contribution >= 4 is 13.7 Å². The zero-order chi connectivity index (χ0) is 57.7. The smallest absolute Gasteiger partial charge is 0.268 e. The highest BCUT2D eigenvalue weighted by atomic mass is 31.2. The van der Waals surface area contributed by atoms with Gasteiger partial charge in [-0.25, -0.2) is 0 Å². The lowest BCUT2D eigenvalue weighted by Crippen LogP contribution is -2.45. The molecule has 0 spiro atoms. The first-order valence-electron chi connectivity index (χ1n) is 35.6. The van der Waals surface area contributed by atoms with Crippen LogP contribution in [0.25, 0.3) is 0 Å². The fraction of sp³-hybridized carbons (Fsp3) is 0.957. The van der Waals surface area contributed by atoms with Crippen LogP contribution in [0, 0.1) is 0 Å². The van der Waals surface area contributed by atoms with E-state index in [1.807, 2.05) is 27.2 Å². The van der Waals surface area contributed by atoms with Gasteiger partial charge in [-0.3, -0.25) is 9.36 Å². The zero-order valence-corrected chi connectivity index (χ0v) is 55.0. The van der Waals surface area contributed by atoms with E-state index in [4.69, 9.17) is 9.05 Å². The fourth-order valence-corrected chi connectivity index (χ4v) is 11.9. The molecule has 0 bridgehead atoms. The molecule has 0 aromatic heterocycles. The van der Waals surface area contributed by atoms with Crippen LogP contribution in [0.15, 0.2) is 12.2 Å². The minimum atomic E-state index is -4.59. The summed E-state index contributed by atoms with van der Waals surface area (Å²) in [6, 6.07) is -0.883. The predicted molar refractivity (Wildman–Crippen MR) is 344 cm³/mol. The maximum absolute atomic E-state index is 13.0. The molecule has 0 aliphatic carbocycles. The van der Waals surface area contributed by atoms with E-state index in [2.05, 4.69) is 19.2 Å². The standard InChI is InChI=1S/C70H141N2O6P/c1-6-8-10-12-14-16-18-20-22-24-25-26-27-28-29-30-31-32-33-34-35-36-37-38-39-40-41-42-43-44-45-46-47-48-50-52-54-56-58-60-62-64-70(74)71-68(67-78-79(75,76)77-66-65-72(3,4)5)69(73)63-61-59-57-55-53-51-49-23-21-19-17-15-13-11-9-7-2/h61,63,68-69,73H,6-60,62,64-67H2,1-5H3,(H-,71,74,75,76)/b63-61+. The topological polar surface area (TPSA) is 108 Å². The van der Waals surface area contributed by atoms with E-state index in [0.717, 1.165) is 38.5 Å². The summed E-state index contributed by atoms with van der Waals surface area (Å²) in [5.41, 5.74) is 0. The van der Waals surface area contributed by atoms with Crippen LogP contribution in [0.4, 0.5) is 0 Å². The Bertz CT molecular complexity index is 1290. The summed E-state index contributed by atoms with van der Waals surface area (Å²) in [6.45, 7) is 4.71. The quantitative estimate of drug-likeness (QED) is 0.0272. The summed E-state index contributed by atoms with van der Waals surface area (Å²) in [5, 5.41) is 13.9. The van der Waals surface area contributed by atoms with Gasteiger partial charge in [0.15, 0.2) is 0 Å². The minimum absolute atomic E-state index is 0.00274. The molecular weight excluding hydrogens is 996 g/mol. The van der Waals surface area contributed by atoms with Gasteiger partial charge in [-0.05, 0) is 19.3 Å². The van der Waals surface area contributed by atoms with Crippen LogP contribution in [-0.2, 0) is 18.4 Å². The Kier molecular flexibility index (Phi) is 61.2. The van der Waals surface area contributed by atoms with E-state index in [0.29, 0.717) is 17.4 Å². The van der Waals surface area contributed by atoms with Crippen molar-refractivity contribution in [2.45, 2.75) is 392 Å². The van der Waals surface area contributed by atoms with E-state index in [1.54, 1.807) is 6.08 Å². The predicted octanol–water partition coefficient (Wildman–Crippen LogP) is 21.9. The minimum Gasteiger partial charge on any atom is -0.756 e. The maximum Gasteiger partial charge on any atom is 0.268 e. The summed E-state index contributed by atoms with van der Waals surface area (Å²) < 4.78 is 23.4. The highest BCUT2D eigenvalue weighted by Gasteiger charge is 2.23. The van der Waals surface area contributed by atoms with Crippen molar-refractivity contribution in [3.8, 4) is 0 Å². The first kappa shape index (κ1) is 78.2. The van der Waals surface area contributed by atoms with Crippen molar-refractivity contribution in [1.29, 1.82) is 0 Å². The number of nitrogens with one attached hydrogen (secondary N) is 1. The van der Waals surface area contributed by atoms with Crippen LogP contribution in [0.2, 0.25) is 0 Å². The summed E-state index contributed by atoms with van der Waals surface area (Å²) in [7, 11) is 1.28. The van der Waals surface area contributed by atoms with Crippen LogP contribution in [0.1, 0.15) is 380 Å². The van der Waals surface area contributed by atoms with E-state index in [9.17, 15) is 19.4 Å². The Balaban J connectivity index is 3.82. The third-order valence-electron chi connectivity index (χ3n) is 16.7. The average Bonchev–Trinajstić information content (AvgIpc) is 3.42. The molecule has 0 aromatic carbocycles. The summed E-state index contributed by atoms with van der Waals surface area (Å²) in [4.78, 5) is 25.6. The van der Waals surface area contributed by atoms with Gasteiger partial charge in [0, 0.05) is 6.42 Å². The molecule has 0 saturated carbocycles. The maximum atomic E-state index is 13.0. The molecule has 0 rings (SSSR count). The second kappa shape index (κ2) is 61.8. The number of likely N-dealkylation sites (N-methyl/N-ethyl adjacent to an activating group) is 1. The van der Waals surface area contributed by atoms with E-state index >= 15 is 0 Å². The van der Waals surface area contributed by atoms with Crippen molar-refractivity contribution in [2.24, 2.45) is 0 Å². The van der Waals surface area contributed by atoms with Crippen LogP contribution in [-0.4, -0.2) is 68.5 Å². The average molecular weight is 1140 g/mol. The number of carbonyl (C=O) groups excluding carboxylic acids is 1. The molecule has 3 atom stereocenters. The molecule has 1 amide bonds. The number of amides is 1. The first-order valence-corrected chi connectivity index (χ1v) is 37.0. The van der Waals surface area contributed by atoms with Crippen molar-refractivity contribution in [1.82, 2.24) is 5.32 Å². The fourth-order valence-electron chi connectivity index (χ4n) is 11.2. The lowest BCUT2D eigenvalue weighted by atomic mass is 10.0. The lowest BCUT2D eigenvalue weighted by molar-refractivity contribution is -0.870. The largest absolute Gasteiger partial charge is 0.756 e. The van der Waals surface area contributed by atoms with Gasteiger partial charge in [-0.1, -0.05) is 366 Å². The number of phosphoric acid groups is 1. The van der Waals surface area contributed by atoms with Gasteiger partial charge in [0.2, 0.25) is 5.91 Å². The molecule has 0 heterocycles. The summed E-state index contributed by atoms with van der Waals surface area (Å²) in [6.07, 6.45) is 79.3. The van der Waals surface area contributed by atoms with Crippen LogP contribution < -0.4 is 10.2 Å². The molecule has 0 aliphatic rings. The monoisotopic (exact) mass is 1140 g/mol. The first-order chi connectivity index (χ1) is 38.5. The molecule has 0 fully saturated rings. The van der Waals surface area contributed by atoms with Crippen LogP contribution >= 0.6 is 7.82 Å². The van der Waals surface area contributed by atoms with E-state index in [1.165, 1.54) is 321 Å². The number of carbonyl (C=O) groups is 1. The normalized spacial score (nSPS) is 13.7. The molecule has 9 heteroatoms. The Morgan fingerprint density at radius 3 is 0.949 bits per heavy atom. The third kappa shape index (κ3) is 64.7. The van der Waals surface area contributed by atoms with Crippen molar-refractivity contribution < 1.29 is 32.9 Å². The van der Waals surface area contributed by atoms with E-state index in [-0.39, 0.29) is 19.1 Å². The molecule has 0 aromatic rings. The summed E-state index contributed by atoms with van der Waals surface area (Å²) >= 11 is 0. The molecular formula is C70H141N2O6P. The van der Waals surface area contributed by atoms with Gasteiger partial charge in [0.1, 0.15) is 13.2 Å². The SMILES string of the molecule is CCCCCCCCCCCCCCCC/C=C/C(O)C(COP(=O)([O-])OCC[N+](C)(C)C)NC(=O)CCCCCCCCCCCCCCCCCCCCCCCCCCCCCCCCCCCCCCCCCCC. The third-order valence-corrected chi connectivity index (χ3v) is 17.7. The Morgan fingerprint density at radius 1 is 0.430 bits per heavy atom. The molecule has 0 aliphatic heterocycles.